The summed E-state index contributed by atoms with van der Waals surface area (Å²) in [6.45, 7) is 6.51. The molecule has 6 nitrogen and oxygen atoms in total. The lowest BCUT2D eigenvalue weighted by Crippen LogP contribution is -2.30. The fourth-order valence-electron chi connectivity index (χ4n) is 9.38. The van der Waals surface area contributed by atoms with Gasteiger partial charge in [-0.2, -0.15) is 0 Å². The van der Waals surface area contributed by atoms with Crippen LogP contribution >= 0.6 is 0 Å². The van der Waals surface area contributed by atoms with E-state index in [1.54, 1.807) is 0 Å². The van der Waals surface area contributed by atoms with E-state index in [1.807, 2.05) is 0 Å². The van der Waals surface area contributed by atoms with Crippen LogP contribution < -0.4 is 0 Å². The molecule has 0 aromatic rings. The van der Waals surface area contributed by atoms with E-state index < -0.39 is 6.10 Å². The molecule has 0 aromatic heterocycles. The number of hydrogen-bond donors (Lipinski definition) is 0. The number of allylic oxidation sites excluding steroid dienone is 8. The van der Waals surface area contributed by atoms with Crippen molar-refractivity contribution in [3.8, 4) is 0 Å². The molecule has 0 spiro atoms. The van der Waals surface area contributed by atoms with Crippen molar-refractivity contribution in [1.29, 1.82) is 0 Å². The zero-order valence-electron chi connectivity index (χ0n) is 48.2. The van der Waals surface area contributed by atoms with Gasteiger partial charge >= 0.3 is 17.9 Å². The molecule has 0 saturated carbocycles. The maximum absolute atomic E-state index is 12.8. The van der Waals surface area contributed by atoms with E-state index in [4.69, 9.17) is 14.2 Å². The number of carbonyl (C=O) groups is 3. The predicted molar refractivity (Wildman–Crippen MR) is 312 cm³/mol. The summed E-state index contributed by atoms with van der Waals surface area (Å²) in [7, 11) is 0. The molecular weight excluding hydrogens is 889 g/mol. The van der Waals surface area contributed by atoms with Crippen LogP contribution in [0.3, 0.4) is 0 Å². The van der Waals surface area contributed by atoms with Gasteiger partial charge in [-0.3, -0.25) is 14.4 Å². The Bertz CT molecular complexity index is 1250. The highest BCUT2D eigenvalue weighted by Crippen LogP contribution is 2.18. The summed E-state index contributed by atoms with van der Waals surface area (Å²) in [5, 5.41) is 0. The van der Waals surface area contributed by atoms with E-state index in [0.717, 1.165) is 83.5 Å². The number of hydrogen-bond acceptors (Lipinski definition) is 6. The van der Waals surface area contributed by atoms with Crippen LogP contribution in [-0.4, -0.2) is 37.2 Å². The minimum Gasteiger partial charge on any atom is -0.462 e. The van der Waals surface area contributed by atoms with E-state index in [2.05, 4.69) is 69.4 Å². The molecule has 0 aromatic carbocycles. The van der Waals surface area contributed by atoms with Gasteiger partial charge in [-0.1, -0.05) is 307 Å². The predicted octanol–water partition coefficient (Wildman–Crippen LogP) is 21.4. The Balaban J connectivity index is 3.92. The van der Waals surface area contributed by atoms with Crippen molar-refractivity contribution in [3.05, 3.63) is 48.6 Å². The van der Waals surface area contributed by atoms with Crippen molar-refractivity contribution in [3.63, 3.8) is 0 Å². The average molecular weight is 1010 g/mol. The number of esters is 3. The zero-order chi connectivity index (χ0) is 52.2. The Hall–Kier alpha value is -2.63. The molecule has 6 heteroatoms. The molecule has 0 bridgehead atoms. The highest BCUT2D eigenvalue weighted by Gasteiger charge is 2.19. The molecule has 420 valence electrons. The quantitative estimate of drug-likeness (QED) is 0.0261. The molecule has 1 atom stereocenters. The van der Waals surface area contributed by atoms with Crippen molar-refractivity contribution in [2.45, 2.75) is 341 Å². The Morgan fingerprint density at radius 3 is 0.847 bits per heavy atom. The SMILES string of the molecule is CC/C=C\C/C=C\C/C=C\C/C=C\CCCCCCCCCCCCCCCCCCCCCCC(=O)OCC(COC(=O)CCCCCCCC)OC(=O)CCCCCCCCCCCCCCCCC. The normalized spacial score (nSPS) is 12.3. The number of ether oxygens (including phenoxy) is 3. The van der Waals surface area contributed by atoms with Gasteiger partial charge in [0.15, 0.2) is 6.10 Å². The molecule has 0 aliphatic rings. The van der Waals surface area contributed by atoms with Crippen LogP contribution in [0.5, 0.6) is 0 Å². The number of unbranched alkanes of at least 4 members (excludes halogenated alkanes) is 39. The summed E-state index contributed by atoms with van der Waals surface area (Å²) in [5.41, 5.74) is 0. The molecule has 0 aliphatic heterocycles. The highest BCUT2D eigenvalue weighted by atomic mass is 16.6. The van der Waals surface area contributed by atoms with Crippen molar-refractivity contribution < 1.29 is 28.6 Å². The summed E-state index contributed by atoms with van der Waals surface area (Å²) >= 11 is 0. The van der Waals surface area contributed by atoms with Crippen LogP contribution in [0.15, 0.2) is 48.6 Å². The van der Waals surface area contributed by atoms with Gasteiger partial charge in [0.05, 0.1) is 0 Å². The molecule has 0 aliphatic carbocycles. The smallest absolute Gasteiger partial charge is 0.306 e. The van der Waals surface area contributed by atoms with E-state index in [-0.39, 0.29) is 31.1 Å². The third-order valence-electron chi connectivity index (χ3n) is 14.1. The van der Waals surface area contributed by atoms with Crippen LogP contribution in [-0.2, 0) is 28.6 Å². The molecule has 0 heterocycles. The van der Waals surface area contributed by atoms with E-state index in [0.29, 0.717) is 19.3 Å². The minimum atomic E-state index is -0.764. The van der Waals surface area contributed by atoms with Crippen LogP contribution in [0.2, 0.25) is 0 Å². The van der Waals surface area contributed by atoms with Crippen molar-refractivity contribution in [1.82, 2.24) is 0 Å². The Morgan fingerprint density at radius 2 is 0.542 bits per heavy atom. The molecule has 0 amide bonds. The van der Waals surface area contributed by atoms with Gasteiger partial charge in [0.2, 0.25) is 0 Å². The first-order chi connectivity index (χ1) is 35.5. The van der Waals surface area contributed by atoms with Gasteiger partial charge in [0.1, 0.15) is 13.2 Å². The summed E-state index contributed by atoms with van der Waals surface area (Å²) < 4.78 is 16.8. The Morgan fingerprint density at radius 1 is 0.292 bits per heavy atom. The lowest BCUT2D eigenvalue weighted by molar-refractivity contribution is -0.167. The van der Waals surface area contributed by atoms with Gasteiger partial charge in [-0.05, 0) is 57.8 Å². The summed E-state index contributed by atoms with van der Waals surface area (Å²) in [6, 6.07) is 0. The largest absolute Gasteiger partial charge is 0.462 e. The second-order valence-electron chi connectivity index (χ2n) is 21.3. The van der Waals surface area contributed by atoms with E-state index >= 15 is 0 Å². The van der Waals surface area contributed by atoms with E-state index in [9.17, 15) is 14.4 Å². The van der Waals surface area contributed by atoms with Gasteiger partial charge in [0.25, 0.3) is 0 Å². The van der Waals surface area contributed by atoms with Crippen LogP contribution in [0.25, 0.3) is 0 Å². The zero-order valence-corrected chi connectivity index (χ0v) is 48.2. The molecule has 0 N–H and O–H groups in total. The summed E-state index contributed by atoms with van der Waals surface area (Å²) in [4.78, 5) is 37.9. The molecule has 0 saturated heterocycles. The monoisotopic (exact) mass is 1010 g/mol. The minimum absolute atomic E-state index is 0.0664. The lowest BCUT2D eigenvalue weighted by Gasteiger charge is -2.18. The first-order valence-corrected chi connectivity index (χ1v) is 31.6. The molecule has 0 fully saturated rings. The summed E-state index contributed by atoms with van der Waals surface area (Å²) in [5.74, 6) is -0.856. The van der Waals surface area contributed by atoms with Gasteiger partial charge in [-0.25, -0.2) is 0 Å². The first-order valence-electron chi connectivity index (χ1n) is 31.6. The average Bonchev–Trinajstić information content (AvgIpc) is 3.38. The fraction of sp³-hybridized carbons (Fsp3) is 0.833. The van der Waals surface area contributed by atoms with Crippen molar-refractivity contribution in [2.24, 2.45) is 0 Å². The maximum atomic E-state index is 12.8. The van der Waals surface area contributed by atoms with Crippen LogP contribution in [0, 0.1) is 0 Å². The molecular formula is C66H120O6. The number of rotatable bonds is 58. The molecule has 1 unspecified atom stereocenters. The molecule has 0 radical (unpaired) electrons. The number of carbonyl (C=O) groups excluding carboxylic acids is 3. The van der Waals surface area contributed by atoms with E-state index in [1.165, 1.54) is 212 Å². The second-order valence-corrected chi connectivity index (χ2v) is 21.3. The van der Waals surface area contributed by atoms with Crippen LogP contribution in [0.4, 0.5) is 0 Å². The van der Waals surface area contributed by atoms with Crippen molar-refractivity contribution in [2.75, 3.05) is 13.2 Å². The lowest BCUT2D eigenvalue weighted by atomic mass is 10.0. The van der Waals surface area contributed by atoms with Gasteiger partial charge in [0, 0.05) is 19.3 Å². The van der Waals surface area contributed by atoms with Crippen LogP contribution in [0.1, 0.15) is 335 Å². The third kappa shape index (κ3) is 58.3. The molecule has 0 rings (SSSR count). The third-order valence-corrected chi connectivity index (χ3v) is 14.1. The standard InChI is InChI=1S/C66H120O6/c1-4-7-10-13-16-18-20-22-24-25-26-27-28-29-30-31-32-33-34-35-36-37-38-39-40-41-43-44-46-48-50-53-56-59-65(68)71-62-63(61-70-64(67)58-55-52-15-12-9-6-3)72-66(69)60-57-54-51-49-47-45-42-23-21-19-17-14-11-8-5-2/h7,10,16,18,22,24,26-27,63H,4-6,8-9,11-15,17,19-21,23,25,28-62H2,1-3H3/b10-7-,18-16-,24-22-,27-26-. The second kappa shape index (κ2) is 60.9. The van der Waals surface area contributed by atoms with Gasteiger partial charge in [-0.15, -0.1) is 0 Å². The topological polar surface area (TPSA) is 78.9 Å². The molecule has 72 heavy (non-hydrogen) atoms. The maximum Gasteiger partial charge on any atom is 0.306 e. The summed E-state index contributed by atoms with van der Waals surface area (Å²) in [6.07, 6.45) is 76.0. The first kappa shape index (κ1) is 69.4. The Labute approximate surface area is 448 Å². The fourth-order valence-corrected chi connectivity index (χ4v) is 9.38. The van der Waals surface area contributed by atoms with Gasteiger partial charge < -0.3 is 14.2 Å². The van der Waals surface area contributed by atoms with Crippen molar-refractivity contribution >= 4 is 17.9 Å². The Kier molecular flexibility index (Phi) is 58.7. The highest BCUT2D eigenvalue weighted by molar-refractivity contribution is 5.71.